The molecule has 0 N–H and O–H groups in total. The Hall–Kier alpha value is -0.180. The molecule has 0 aromatic carbocycles. The van der Waals surface area contributed by atoms with Crippen LogP contribution in [-0.2, 0) is 0 Å². The first-order valence-corrected chi connectivity index (χ1v) is 4.06. The van der Waals surface area contributed by atoms with Gasteiger partial charge in [-0.3, -0.25) is 0 Å². The normalized spacial score (nSPS) is 28.8. The Bertz CT molecular complexity index is 215. The van der Waals surface area contributed by atoms with Crippen molar-refractivity contribution in [3.05, 3.63) is 11.9 Å². The highest BCUT2D eigenvalue weighted by Crippen LogP contribution is 2.53. The van der Waals surface area contributed by atoms with Crippen LogP contribution >= 0.6 is 11.6 Å². The first-order valence-electron chi connectivity index (χ1n) is 3.68. The van der Waals surface area contributed by atoms with Crippen LogP contribution in [0, 0.1) is 11.3 Å². The van der Waals surface area contributed by atoms with E-state index in [1.165, 1.54) is 0 Å². The van der Waals surface area contributed by atoms with Gasteiger partial charge in [-0.1, -0.05) is 13.8 Å². The van der Waals surface area contributed by atoms with Gasteiger partial charge in [0.05, 0.1) is 0 Å². The van der Waals surface area contributed by atoms with Crippen molar-refractivity contribution in [1.29, 1.82) is 0 Å². The largest absolute Gasteiger partial charge is 0.373 e. The minimum Gasteiger partial charge on any atom is -0.204 e. The number of hydrogen-bond acceptors (Lipinski definition) is 0. The molecular formula is C8H10ClF3. The van der Waals surface area contributed by atoms with E-state index in [9.17, 15) is 13.2 Å². The van der Waals surface area contributed by atoms with E-state index in [0.29, 0.717) is 0 Å². The number of halogens is 4. The zero-order valence-electron chi connectivity index (χ0n) is 6.87. The summed E-state index contributed by atoms with van der Waals surface area (Å²) in [6, 6.07) is 0. The highest BCUT2D eigenvalue weighted by molar-refractivity contribution is 6.23. The van der Waals surface area contributed by atoms with Crippen molar-refractivity contribution in [2.75, 3.05) is 0 Å². The molecule has 70 valence electrons. The Morgan fingerprint density at radius 2 is 2.00 bits per heavy atom. The van der Waals surface area contributed by atoms with Crippen molar-refractivity contribution < 1.29 is 13.2 Å². The highest BCUT2D eigenvalue weighted by atomic mass is 35.5. The zero-order chi connectivity index (χ0) is 9.57. The smallest absolute Gasteiger partial charge is 0.204 e. The molecule has 0 aliphatic heterocycles. The summed E-state index contributed by atoms with van der Waals surface area (Å²) in [5.41, 5.74) is -0.0422. The van der Waals surface area contributed by atoms with Crippen LogP contribution in [0.5, 0.6) is 0 Å². The van der Waals surface area contributed by atoms with Gasteiger partial charge in [-0.25, -0.2) is 4.39 Å². The molecule has 4 heteroatoms. The second kappa shape index (κ2) is 2.66. The Morgan fingerprint density at radius 1 is 1.58 bits per heavy atom. The van der Waals surface area contributed by atoms with Crippen molar-refractivity contribution in [3.63, 3.8) is 0 Å². The molecule has 1 fully saturated rings. The maximum absolute atomic E-state index is 12.5. The number of rotatable bonds is 2. The molecule has 1 aliphatic carbocycles. The van der Waals surface area contributed by atoms with Gasteiger partial charge in [-0.15, -0.1) is 0 Å². The summed E-state index contributed by atoms with van der Waals surface area (Å²) in [5, 5.41) is -3.83. The highest BCUT2D eigenvalue weighted by Gasteiger charge is 2.46. The van der Waals surface area contributed by atoms with Gasteiger partial charge in [0.1, 0.15) is 0 Å². The molecule has 0 aromatic heterocycles. The van der Waals surface area contributed by atoms with E-state index in [1.807, 2.05) is 13.8 Å². The lowest BCUT2D eigenvalue weighted by Crippen LogP contribution is -2.06. The summed E-state index contributed by atoms with van der Waals surface area (Å²) in [5.74, 6) is -1.62. The van der Waals surface area contributed by atoms with Gasteiger partial charge < -0.3 is 0 Å². The zero-order valence-corrected chi connectivity index (χ0v) is 7.63. The molecule has 1 saturated carbocycles. The maximum Gasteiger partial charge on any atom is 0.373 e. The molecule has 0 nitrogen and oxygen atoms in total. The standard InChI is InChI=1S/C8H10ClF3/c1-7(2)4-5(7)3-6(10)8(9,11)12/h3,5H,4H2,1-2H3/b6-3-. The van der Waals surface area contributed by atoms with Crippen LogP contribution in [0.2, 0.25) is 0 Å². The molecule has 1 aliphatic rings. The quantitative estimate of drug-likeness (QED) is 0.594. The second-order valence-corrected chi connectivity index (χ2v) is 4.29. The average Bonchev–Trinajstić information content (AvgIpc) is 2.36. The molecule has 12 heavy (non-hydrogen) atoms. The van der Waals surface area contributed by atoms with E-state index < -0.39 is 11.2 Å². The van der Waals surface area contributed by atoms with Crippen LogP contribution in [0.4, 0.5) is 13.2 Å². The average molecular weight is 199 g/mol. The fraction of sp³-hybridized carbons (Fsp3) is 0.750. The van der Waals surface area contributed by atoms with Crippen molar-refractivity contribution in [1.82, 2.24) is 0 Å². The summed E-state index contributed by atoms with van der Waals surface area (Å²) >= 11 is 4.47. The minimum atomic E-state index is -3.83. The fourth-order valence-corrected chi connectivity index (χ4v) is 1.13. The second-order valence-electron chi connectivity index (χ2n) is 3.81. The minimum absolute atomic E-state index is 0.0422. The van der Waals surface area contributed by atoms with Crippen molar-refractivity contribution in [2.24, 2.45) is 11.3 Å². The van der Waals surface area contributed by atoms with Gasteiger partial charge in [0, 0.05) is 0 Å². The van der Waals surface area contributed by atoms with E-state index in [-0.39, 0.29) is 11.3 Å². The molecule has 0 amide bonds. The summed E-state index contributed by atoms with van der Waals surface area (Å²) in [6.07, 6.45) is 1.67. The van der Waals surface area contributed by atoms with E-state index in [4.69, 9.17) is 0 Å². The van der Waals surface area contributed by atoms with Crippen LogP contribution in [0.25, 0.3) is 0 Å². The molecule has 1 atom stereocenters. The topological polar surface area (TPSA) is 0 Å². The third kappa shape index (κ3) is 2.16. The first kappa shape index (κ1) is 9.90. The molecule has 0 spiro atoms. The molecule has 0 aromatic rings. The van der Waals surface area contributed by atoms with Crippen LogP contribution in [0.15, 0.2) is 11.9 Å². The predicted octanol–water partition coefficient (Wildman–Crippen LogP) is 3.72. The monoisotopic (exact) mass is 198 g/mol. The Morgan fingerprint density at radius 3 is 2.25 bits per heavy atom. The Balaban J connectivity index is 2.60. The fourth-order valence-electron chi connectivity index (χ4n) is 1.06. The SMILES string of the molecule is CC1(C)CC1/C=C(\F)C(F)(F)Cl. The molecule has 0 radical (unpaired) electrons. The molecule has 1 unspecified atom stereocenters. The molecular weight excluding hydrogens is 189 g/mol. The van der Waals surface area contributed by atoms with E-state index in [2.05, 4.69) is 11.6 Å². The number of alkyl halides is 3. The van der Waals surface area contributed by atoms with E-state index in [0.717, 1.165) is 12.5 Å². The van der Waals surface area contributed by atoms with E-state index in [1.54, 1.807) is 0 Å². The number of hydrogen-bond donors (Lipinski definition) is 0. The van der Waals surface area contributed by atoms with Crippen LogP contribution in [0.1, 0.15) is 20.3 Å². The molecule has 0 heterocycles. The van der Waals surface area contributed by atoms with Crippen LogP contribution < -0.4 is 0 Å². The van der Waals surface area contributed by atoms with E-state index >= 15 is 0 Å². The summed E-state index contributed by atoms with van der Waals surface area (Å²) in [4.78, 5) is 0. The van der Waals surface area contributed by atoms with Crippen molar-refractivity contribution >= 4 is 11.6 Å². The van der Waals surface area contributed by atoms with Gasteiger partial charge in [0.15, 0.2) is 5.83 Å². The Labute approximate surface area is 74.4 Å². The van der Waals surface area contributed by atoms with Gasteiger partial charge in [0.2, 0.25) is 0 Å². The number of allylic oxidation sites excluding steroid dienone is 2. The summed E-state index contributed by atoms with van der Waals surface area (Å²) < 4.78 is 36.7. The lowest BCUT2D eigenvalue weighted by atomic mass is 10.1. The van der Waals surface area contributed by atoms with Crippen molar-refractivity contribution in [3.8, 4) is 0 Å². The molecule has 0 saturated heterocycles. The summed E-state index contributed by atoms with van der Waals surface area (Å²) in [6.45, 7) is 3.79. The van der Waals surface area contributed by atoms with Crippen LogP contribution in [-0.4, -0.2) is 5.38 Å². The van der Waals surface area contributed by atoms with Gasteiger partial charge in [-0.05, 0) is 35.4 Å². The van der Waals surface area contributed by atoms with Crippen LogP contribution in [0.3, 0.4) is 0 Å². The summed E-state index contributed by atoms with van der Waals surface area (Å²) in [7, 11) is 0. The molecule has 1 rings (SSSR count). The van der Waals surface area contributed by atoms with Gasteiger partial charge >= 0.3 is 5.38 Å². The predicted molar refractivity (Wildman–Crippen MR) is 41.9 cm³/mol. The lowest BCUT2D eigenvalue weighted by Gasteiger charge is -2.04. The van der Waals surface area contributed by atoms with Crippen molar-refractivity contribution in [2.45, 2.75) is 25.7 Å². The maximum atomic E-state index is 12.5. The molecule has 0 bridgehead atoms. The van der Waals surface area contributed by atoms with Gasteiger partial charge in [0.25, 0.3) is 0 Å². The first-order chi connectivity index (χ1) is 5.23. The van der Waals surface area contributed by atoms with Gasteiger partial charge in [-0.2, -0.15) is 8.78 Å². The lowest BCUT2D eigenvalue weighted by molar-refractivity contribution is 0.109. The third-order valence-electron chi connectivity index (χ3n) is 2.21. The third-order valence-corrected chi connectivity index (χ3v) is 2.39. The Kier molecular flexibility index (Phi) is 2.19.